The first-order valence-electron chi connectivity index (χ1n) is 7.08. The summed E-state index contributed by atoms with van der Waals surface area (Å²) in [6, 6.07) is 9.53. The van der Waals surface area contributed by atoms with Crippen LogP contribution in [-0.2, 0) is 11.3 Å². The van der Waals surface area contributed by atoms with Crippen molar-refractivity contribution in [3.05, 3.63) is 53.5 Å². The predicted octanol–water partition coefficient (Wildman–Crippen LogP) is 3.41. The van der Waals surface area contributed by atoms with E-state index in [0.29, 0.717) is 18.2 Å². The van der Waals surface area contributed by atoms with E-state index in [1.165, 1.54) is 11.1 Å². The van der Waals surface area contributed by atoms with Gasteiger partial charge < -0.3 is 14.5 Å². The summed E-state index contributed by atoms with van der Waals surface area (Å²) in [5.74, 6) is 1.75. The Bertz CT molecular complexity index is 588. The van der Waals surface area contributed by atoms with E-state index in [4.69, 9.17) is 9.15 Å². The third-order valence-corrected chi connectivity index (χ3v) is 3.27. The fourth-order valence-corrected chi connectivity index (χ4v) is 2.18. The highest BCUT2D eigenvalue weighted by molar-refractivity contribution is 5.77. The molecule has 112 valence electrons. The summed E-state index contributed by atoms with van der Waals surface area (Å²) in [7, 11) is 0. The van der Waals surface area contributed by atoms with Gasteiger partial charge in [0, 0.05) is 0 Å². The second kappa shape index (κ2) is 6.97. The molecule has 1 aromatic heterocycles. The van der Waals surface area contributed by atoms with E-state index >= 15 is 0 Å². The quantitative estimate of drug-likeness (QED) is 0.885. The van der Waals surface area contributed by atoms with Crippen LogP contribution in [0.3, 0.4) is 0 Å². The lowest BCUT2D eigenvalue weighted by molar-refractivity contribution is -0.123. The van der Waals surface area contributed by atoms with E-state index in [9.17, 15) is 4.79 Å². The van der Waals surface area contributed by atoms with Crippen LogP contribution in [0.5, 0.6) is 5.75 Å². The number of ether oxygens (including phenoxy) is 1. The Morgan fingerprint density at radius 1 is 1.33 bits per heavy atom. The minimum absolute atomic E-state index is 0.00116. The van der Waals surface area contributed by atoms with Crippen molar-refractivity contribution >= 4 is 5.91 Å². The zero-order chi connectivity index (χ0) is 15.2. The average Bonchev–Trinajstić information content (AvgIpc) is 2.95. The van der Waals surface area contributed by atoms with Gasteiger partial charge in [0.25, 0.3) is 5.91 Å². The standard InChI is InChI=1S/C17H21NO3/c1-12(2)16-7-6-14(9-13(16)3)21-11-17(19)18-10-15-5-4-8-20-15/h4-9,12H,10-11H2,1-3H3,(H,18,19). The monoisotopic (exact) mass is 287 g/mol. The predicted molar refractivity (Wildman–Crippen MR) is 81.3 cm³/mol. The summed E-state index contributed by atoms with van der Waals surface area (Å²) < 4.78 is 10.7. The fraction of sp³-hybridized carbons (Fsp3) is 0.353. The molecule has 0 aliphatic heterocycles. The first-order chi connectivity index (χ1) is 10.1. The molecule has 4 heteroatoms. The first kappa shape index (κ1) is 15.2. The lowest BCUT2D eigenvalue weighted by Crippen LogP contribution is -2.28. The van der Waals surface area contributed by atoms with E-state index < -0.39 is 0 Å². The molecule has 1 aromatic carbocycles. The summed E-state index contributed by atoms with van der Waals surface area (Å²) in [6.07, 6.45) is 1.58. The molecule has 1 heterocycles. The maximum Gasteiger partial charge on any atom is 0.258 e. The second-order valence-corrected chi connectivity index (χ2v) is 5.32. The van der Waals surface area contributed by atoms with E-state index in [1.807, 2.05) is 18.2 Å². The maximum absolute atomic E-state index is 11.7. The number of hydrogen-bond donors (Lipinski definition) is 1. The third kappa shape index (κ3) is 4.38. The Kier molecular flexibility index (Phi) is 5.04. The average molecular weight is 287 g/mol. The molecule has 0 bridgehead atoms. The van der Waals surface area contributed by atoms with E-state index in [0.717, 1.165) is 5.76 Å². The van der Waals surface area contributed by atoms with Gasteiger partial charge in [-0.2, -0.15) is 0 Å². The number of benzene rings is 1. The van der Waals surface area contributed by atoms with Crippen molar-refractivity contribution in [3.63, 3.8) is 0 Å². The van der Waals surface area contributed by atoms with E-state index in [1.54, 1.807) is 12.3 Å². The molecular formula is C17H21NO3. The number of amides is 1. The van der Waals surface area contributed by atoms with Crippen molar-refractivity contribution in [2.75, 3.05) is 6.61 Å². The van der Waals surface area contributed by atoms with Gasteiger partial charge in [-0.25, -0.2) is 0 Å². The maximum atomic E-state index is 11.7. The number of hydrogen-bond acceptors (Lipinski definition) is 3. The van der Waals surface area contributed by atoms with Crippen molar-refractivity contribution in [1.29, 1.82) is 0 Å². The summed E-state index contributed by atoms with van der Waals surface area (Å²) in [5.41, 5.74) is 2.48. The Morgan fingerprint density at radius 2 is 2.14 bits per heavy atom. The molecule has 0 aliphatic carbocycles. The lowest BCUT2D eigenvalue weighted by atomic mass is 9.98. The molecular weight excluding hydrogens is 266 g/mol. The van der Waals surface area contributed by atoms with Crippen molar-refractivity contribution < 1.29 is 13.9 Å². The van der Waals surface area contributed by atoms with Crippen molar-refractivity contribution in [2.24, 2.45) is 0 Å². The number of carbonyl (C=O) groups excluding carboxylic acids is 1. The smallest absolute Gasteiger partial charge is 0.258 e. The van der Waals surface area contributed by atoms with Crippen molar-refractivity contribution in [3.8, 4) is 5.75 Å². The number of aryl methyl sites for hydroxylation is 1. The molecule has 0 unspecified atom stereocenters. The third-order valence-electron chi connectivity index (χ3n) is 3.27. The number of nitrogens with one attached hydrogen (secondary N) is 1. The summed E-state index contributed by atoms with van der Waals surface area (Å²) in [4.78, 5) is 11.7. The Hall–Kier alpha value is -2.23. The van der Waals surface area contributed by atoms with Gasteiger partial charge in [0.15, 0.2) is 6.61 Å². The van der Waals surface area contributed by atoms with Gasteiger partial charge in [-0.3, -0.25) is 4.79 Å². The van der Waals surface area contributed by atoms with Gasteiger partial charge in [-0.15, -0.1) is 0 Å². The van der Waals surface area contributed by atoms with Crippen LogP contribution in [0.2, 0.25) is 0 Å². The molecule has 0 saturated heterocycles. The van der Waals surface area contributed by atoms with Crippen LogP contribution in [-0.4, -0.2) is 12.5 Å². The molecule has 0 fully saturated rings. The molecule has 0 saturated carbocycles. The Balaban J connectivity index is 1.82. The van der Waals surface area contributed by atoms with Gasteiger partial charge in [0.05, 0.1) is 12.8 Å². The second-order valence-electron chi connectivity index (χ2n) is 5.32. The zero-order valence-corrected chi connectivity index (χ0v) is 12.7. The van der Waals surface area contributed by atoms with Crippen molar-refractivity contribution in [1.82, 2.24) is 5.32 Å². The van der Waals surface area contributed by atoms with Crippen molar-refractivity contribution in [2.45, 2.75) is 33.2 Å². The molecule has 2 rings (SSSR count). The van der Waals surface area contributed by atoms with Crippen LogP contribution in [0.25, 0.3) is 0 Å². The zero-order valence-electron chi connectivity index (χ0n) is 12.7. The molecule has 0 atom stereocenters. The van der Waals surface area contributed by atoms with Crippen LogP contribution in [0.1, 0.15) is 36.7 Å². The highest BCUT2D eigenvalue weighted by Crippen LogP contribution is 2.23. The molecule has 0 aliphatic rings. The molecule has 0 radical (unpaired) electrons. The largest absolute Gasteiger partial charge is 0.484 e. The summed E-state index contributed by atoms with van der Waals surface area (Å²) in [5, 5.41) is 2.74. The lowest BCUT2D eigenvalue weighted by Gasteiger charge is -2.12. The number of carbonyl (C=O) groups is 1. The topological polar surface area (TPSA) is 51.5 Å². The normalized spacial score (nSPS) is 10.7. The molecule has 21 heavy (non-hydrogen) atoms. The molecule has 4 nitrogen and oxygen atoms in total. The SMILES string of the molecule is Cc1cc(OCC(=O)NCc2ccco2)ccc1C(C)C. The minimum Gasteiger partial charge on any atom is -0.484 e. The summed E-state index contributed by atoms with van der Waals surface area (Å²) >= 11 is 0. The minimum atomic E-state index is -0.169. The van der Waals surface area contributed by atoms with Crippen LogP contribution in [0.15, 0.2) is 41.0 Å². The Morgan fingerprint density at radius 3 is 2.76 bits per heavy atom. The first-order valence-corrected chi connectivity index (χ1v) is 7.08. The van der Waals surface area contributed by atoms with Gasteiger partial charge in [-0.05, 0) is 48.2 Å². The highest BCUT2D eigenvalue weighted by Gasteiger charge is 2.07. The van der Waals surface area contributed by atoms with Gasteiger partial charge in [-0.1, -0.05) is 19.9 Å². The van der Waals surface area contributed by atoms with Crippen LogP contribution >= 0.6 is 0 Å². The Labute approximate surface area is 125 Å². The molecule has 2 aromatic rings. The number of furan rings is 1. The van der Waals surface area contributed by atoms with Gasteiger partial charge in [0.1, 0.15) is 11.5 Å². The highest BCUT2D eigenvalue weighted by atomic mass is 16.5. The molecule has 0 spiro atoms. The van der Waals surface area contributed by atoms with Gasteiger partial charge in [0.2, 0.25) is 0 Å². The van der Waals surface area contributed by atoms with E-state index in [-0.39, 0.29) is 12.5 Å². The van der Waals surface area contributed by atoms with Crippen LogP contribution in [0, 0.1) is 6.92 Å². The molecule has 1 N–H and O–H groups in total. The van der Waals surface area contributed by atoms with Gasteiger partial charge >= 0.3 is 0 Å². The molecule has 1 amide bonds. The van der Waals surface area contributed by atoms with E-state index in [2.05, 4.69) is 32.2 Å². The van der Waals surface area contributed by atoms with Crippen LogP contribution in [0.4, 0.5) is 0 Å². The fourth-order valence-electron chi connectivity index (χ4n) is 2.18. The number of rotatable bonds is 6. The van der Waals surface area contributed by atoms with Crippen LogP contribution < -0.4 is 10.1 Å². The summed E-state index contributed by atoms with van der Waals surface area (Å²) in [6.45, 7) is 6.75.